The number of carbonyl (C=O) groups excluding carboxylic acids is 1. The topological polar surface area (TPSA) is 54.5 Å². The zero-order valence-electron chi connectivity index (χ0n) is 16.3. The van der Waals surface area contributed by atoms with Gasteiger partial charge in [-0.3, -0.25) is 4.79 Å². The molecule has 0 bridgehead atoms. The van der Waals surface area contributed by atoms with Crippen molar-refractivity contribution in [2.45, 2.75) is 26.1 Å². The summed E-state index contributed by atoms with van der Waals surface area (Å²) >= 11 is 7.75. The van der Waals surface area contributed by atoms with Crippen LogP contribution in [0.5, 0.6) is 0 Å². The first-order valence-corrected chi connectivity index (χ1v) is 10.8. The summed E-state index contributed by atoms with van der Waals surface area (Å²) in [5, 5.41) is 6.39. The standard InChI is InChI=1S/C22H22ClN3O2S/c1-14-11-26(12-15(2)28-14)22-25-20(13-29-22)16-6-5-7-17(10-16)24-21(27)18-8-3-4-9-19(18)23/h3-10,13-15H,11-12H2,1-2H3,(H,24,27). The van der Waals surface area contributed by atoms with Gasteiger partial charge >= 0.3 is 0 Å². The molecule has 0 aliphatic carbocycles. The van der Waals surface area contributed by atoms with Gasteiger partial charge in [-0.2, -0.15) is 0 Å². The van der Waals surface area contributed by atoms with Crippen LogP contribution in [-0.4, -0.2) is 36.2 Å². The summed E-state index contributed by atoms with van der Waals surface area (Å²) < 4.78 is 5.81. The van der Waals surface area contributed by atoms with Crippen LogP contribution < -0.4 is 10.2 Å². The molecule has 3 aromatic rings. The molecule has 2 unspecified atom stereocenters. The number of nitrogens with one attached hydrogen (secondary N) is 1. The van der Waals surface area contributed by atoms with E-state index in [1.165, 1.54) is 0 Å². The van der Waals surface area contributed by atoms with Crippen LogP contribution in [0.4, 0.5) is 10.8 Å². The third kappa shape index (κ3) is 4.61. The average molecular weight is 428 g/mol. The molecule has 1 aliphatic heterocycles. The largest absolute Gasteiger partial charge is 0.372 e. The van der Waals surface area contributed by atoms with E-state index in [0.717, 1.165) is 29.5 Å². The molecule has 0 spiro atoms. The summed E-state index contributed by atoms with van der Waals surface area (Å²) in [6.45, 7) is 5.85. The van der Waals surface area contributed by atoms with E-state index >= 15 is 0 Å². The molecule has 7 heteroatoms. The third-order valence-electron chi connectivity index (χ3n) is 4.72. The molecule has 1 aromatic heterocycles. The van der Waals surface area contributed by atoms with Gasteiger partial charge in [-0.25, -0.2) is 4.98 Å². The molecule has 1 amide bonds. The van der Waals surface area contributed by atoms with Gasteiger partial charge in [-0.05, 0) is 38.1 Å². The van der Waals surface area contributed by atoms with Crippen molar-refractivity contribution in [1.29, 1.82) is 0 Å². The summed E-state index contributed by atoms with van der Waals surface area (Å²) in [6.07, 6.45) is 0.379. The fourth-order valence-corrected chi connectivity index (χ4v) is 4.55. The van der Waals surface area contributed by atoms with Gasteiger partial charge in [0, 0.05) is 29.7 Å². The maximum absolute atomic E-state index is 12.5. The number of morpholine rings is 1. The quantitative estimate of drug-likeness (QED) is 0.611. The van der Waals surface area contributed by atoms with Crippen LogP contribution in [0.25, 0.3) is 11.3 Å². The van der Waals surface area contributed by atoms with Crippen molar-refractivity contribution in [2.24, 2.45) is 0 Å². The summed E-state index contributed by atoms with van der Waals surface area (Å²) in [5.74, 6) is -0.233. The van der Waals surface area contributed by atoms with Crippen LogP contribution in [0.15, 0.2) is 53.9 Å². The lowest BCUT2D eigenvalue weighted by Crippen LogP contribution is -2.45. The third-order valence-corrected chi connectivity index (χ3v) is 5.95. The van der Waals surface area contributed by atoms with Crippen LogP contribution in [0.1, 0.15) is 24.2 Å². The molecule has 5 nitrogen and oxygen atoms in total. The number of ether oxygens (including phenoxy) is 1. The molecular weight excluding hydrogens is 406 g/mol. The Bertz CT molecular complexity index is 1010. The summed E-state index contributed by atoms with van der Waals surface area (Å²) in [5.41, 5.74) is 3.01. The number of amides is 1. The lowest BCUT2D eigenvalue weighted by Gasteiger charge is -2.35. The van der Waals surface area contributed by atoms with E-state index in [1.54, 1.807) is 35.6 Å². The molecule has 1 fully saturated rings. The van der Waals surface area contributed by atoms with Gasteiger partial charge in [0.25, 0.3) is 5.91 Å². The molecule has 0 radical (unpaired) electrons. The monoisotopic (exact) mass is 427 g/mol. The van der Waals surface area contributed by atoms with Gasteiger partial charge in [-0.15, -0.1) is 11.3 Å². The fourth-order valence-electron chi connectivity index (χ4n) is 3.48. The number of carbonyl (C=O) groups is 1. The Morgan fingerprint density at radius 2 is 1.93 bits per heavy atom. The lowest BCUT2D eigenvalue weighted by atomic mass is 10.1. The van der Waals surface area contributed by atoms with Crippen molar-refractivity contribution < 1.29 is 9.53 Å². The molecule has 1 aliphatic rings. The highest BCUT2D eigenvalue weighted by Gasteiger charge is 2.24. The zero-order valence-corrected chi connectivity index (χ0v) is 17.8. The molecule has 1 saturated heterocycles. The second kappa shape index (κ2) is 8.53. The Balaban J connectivity index is 1.51. The van der Waals surface area contributed by atoms with Crippen molar-refractivity contribution in [2.75, 3.05) is 23.3 Å². The van der Waals surface area contributed by atoms with Crippen molar-refractivity contribution in [1.82, 2.24) is 4.98 Å². The second-order valence-corrected chi connectivity index (χ2v) is 8.44. The number of rotatable bonds is 4. The Morgan fingerprint density at radius 1 is 1.17 bits per heavy atom. The van der Waals surface area contributed by atoms with E-state index < -0.39 is 0 Å². The van der Waals surface area contributed by atoms with E-state index in [9.17, 15) is 4.79 Å². The number of hydrogen-bond acceptors (Lipinski definition) is 5. The Morgan fingerprint density at radius 3 is 2.69 bits per heavy atom. The predicted molar refractivity (Wildman–Crippen MR) is 119 cm³/mol. The van der Waals surface area contributed by atoms with Crippen LogP contribution >= 0.6 is 22.9 Å². The molecule has 2 aromatic carbocycles. The van der Waals surface area contributed by atoms with Crippen molar-refractivity contribution >= 4 is 39.7 Å². The van der Waals surface area contributed by atoms with E-state index in [4.69, 9.17) is 21.3 Å². The van der Waals surface area contributed by atoms with Gasteiger partial charge in [0.1, 0.15) is 0 Å². The van der Waals surface area contributed by atoms with Gasteiger partial charge in [0.05, 0.1) is 28.5 Å². The molecule has 29 heavy (non-hydrogen) atoms. The first kappa shape index (κ1) is 19.9. The van der Waals surface area contributed by atoms with E-state index in [-0.39, 0.29) is 18.1 Å². The molecule has 1 N–H and O–H groups in total. The van der Waals surface area contributed by atoms with Crippen LogP contribution in [0.2, 0.25) is 5.02 Å². The van der Waals surface area contributed by atoms with Crippen molar-refractivity contribution in [3.8, 4) is 11.3 Å². The van der Waals surface area contributed by atoms with E-state index in [1.807, 2.05) is 24.3 Å². The van der Waals surface area contributed by atoms with Gasteiger partial charge in [0.2, 0.25) is 0 Å². The van der Waals surface area contributed by atoms with E-state index in [2.05, 4.69) is 29.4 Å². The Labute approximate surface area is 179 Å². The number of halogens is 1. The highest BCUT2D eigenvalue weighted by atomic mass is 35.5. The second-order valence-electron chi connectivity index (χ2n) is 7.19. The van der Waals surface area contributed by atoms with Crippen LogP contribution in [0, 0.1) is 0 Å². The SMILES string of the molecule is CC1CN(c2nc(-c3cccc(NC(=O)c4ccccc4Cl)c3)cs2)CC(C)O1. The number of anilines is 2. The van der Waals surface area contributed by atoms with E-state index in [0.29, 0.717) is 16.3 Å². The molecule has 4 rings (SSSR count). The number of thiazole rings is 1. The number of nitrogens with zero attached hydrogens (tertiary/aromatic N) is 2. The Kier molecular flexibility index (Phi) is 5.85. The minimum Gasteiger partial charge on any atom is -0.372 e. The number of benzene rings is 2. The highest BCUT2D eigenvalue weighted by molar-refractivity contribution is 7.14. The first-order valence-electron chi connectivity index (χ1n) is 9.52. The van der Waals surface area contributed by atoms with Gasteiger partial charge in [0.15, 0.2) is 5.13 Å². The maximum Gasteiger partial charge on any atom is 0.257 e. The number of aromatic nitrogens is 1. The molecule has 2 atom stereocenters. The minimum atomic E-state index is -0.233. The molecule has 2 heterocycles. The van der Waals surface area contributed by atoms with Crippen molar-refractivity contribution in [3.05, 3.63) is 64.5 Å². The van der Waals surface area contributed by atoms with Crippen LogP contribution in [-0.2, 0) is 4.74 Å². The predicted octanol–water partition coefficient (Wildman–Crippen LogP) is 5.33. The minimum absolute atomic E-state index is 0.189. The van der Waals surface area contributed by atoms with Gasteiger partial charge in [-0.1, -0.05) is 35.9 Å². The lowest BCUT2D eigenvalue weighted by molar-refractivity contribution is -0.00522. The summed E-state index contributed by atoms with van der Waals surface area (Å²) in [6, 6.07) is 14.7. The first-order chi connectivity index (χ1) is 14.0. The maximum atomic E-state index is 12.5. The Hall–Kier alpha value is -2.41. The fraction of sp³-hybridized carbons (Fsp3) is 0.273. The highest BCUT2D eigenvalue weighted by Crippen LogP contribution is 2.30. The smallest absolute Gasteiger partial charge is 0.257 e. The van der Waals surface area contributed by atoms with Crippen molar-refractivity contribution in [3.63, 3.8) is 0 Å². The summed E-state index contributed by atoms with van der Waals surface area (Å²) in [4.78, 5) is 19.6. The molecule has 150 valence electrons. The van der Waals surface area contributed by atoms with Gasteiger partial charge < -0.3 is 15.0 Å². The molecular formula is C22H22ClN3O2S. The van der Waals surface area contributed by atoms with Crippen LogP contribution in [0.3, 0.4) is 0 Å². The number of hydrogen-bond donors (Lipinski definition) is 1. The zero-order chi connectivity index (χ0) is 20.4. The molecule has 0 saturated carbocycles. The summed E-state index contributed by atoms with van der Waals surface area (Å²) in [7, 11) is 0. The normalized spacial score (nSPS) is 19.2. The average Bonchev–Trinajstić information content (AvgIpc) is 3.18.